The molecule has 0 aliphatic carbocycles. The van der Waals surface area contributed by atoms with Gasteiger partial charge in [-0.15, -0.1) is 0 Å². The normalized spacial score (nSPS) is 13.1. The topological polar surface area (TPSA) is 80.9 Å². The van der Waals surface area contributed by atoms with Gasteiger partial charge in [0.05, 0.1) is 0 Å². The van der Waals surface area contributed by atoms with E-state index in [0.717, 1.165) is 16.7 Å². The summed E-state index contributed by atoms with van der Waals surface area (Å²) < 4.78 is 0. The Balaban J connectivity index is 1.97. The van der Waals surface area contributed by atoms with Crippen molar-refractivity contribution < 1.29 is 4.79 Å². The van der Waals surface area contributed by atoms with E-state index in [-0.39, 0.29) is 0 Å². The number of nitrogens with zero attached hydrogens (tertiary/aromatic N) is 2. The van der Waals surface area contributed by atoms with Crippen molar-refractivity contribution in [1.29, 1.82) is 0 Å². The zero-order chi connectivity index (χ0) is 17.5. The molecule has 1 amide bonds. The molecule has 0 saturated carbocycles. The molecule has 0 radical (unpaired) electrons. The lowest BCUT2D eigenvalue weighted by atomic mass is 9.83. The molecule has 3 N–H and O–H groups in total. The molecule has 126 valence electrons. The third-order valence-corrected chi connectivity index (χ3v) is 4.25. The molecule has 2 aromatic heterocycles. The minimum Gasteiger partial charge on any atom is -0.368 e. The third-order valence-electron chi connectivity index (χ3n) is 4.25. The van der Waals surface area contributed by atoms with E-state index in [0.29, 0.717) is 13.0 Å². The van der Waals surface area contributed by atoms with Crippen LogP contribution < -0.4 is 11.1 Å². The Labute approximate surface area is 146 Å². The third kappa shape index (κ3) is 3.89. The van der Waals surface area contributed by atoms with Crippen molar-refractivity contribution >= 4 is 5.91 Å². The maximum absolute atomic E-state index is 12.6. The molecule has 1 aromatic carbocycles. The maximum atomic E-state index is 12.6. The first-order valence-corrected chi connectivity index (χ1v) is 8.09. The van der Waals surface area contributed by atoms with Crippen LogP contribution in [0.1, 0.15) is 16.7 Å². The minimum absolute atomic E-state index is 0.412. The summed E-state index contributed by atoms with van der Waals surface area (Å²) in [4.78, 5) is 20.6. The summed E-state index contributed by atoms with van der Waals surface area (Å²) in [5.41, 5.74) is 7.74. The molecule has 0 spiro atoms. The predicted octanol–water partition coefficient (Wildman–Crippen LogP) is 2.19. The van der Waals surface area contributed by atoms with Gasteiger partial charge in [0, 0.05) is 37.8 Å². The van der Waals surface area contributed by atoms with Crippen molar-refractivity contribution in [2.45, 2.75) is 18.5 Å². The second-order valence-electron chi connectivity index (χ2n) is 5.88. The maximum Gasteiger partial charge on any atom is 0.242 e. The van der Waals surface area contributed by atoms with E-state index >= 15 is 0 Å². The molecule has 5 heteroatoms. The van der Waals surface area contributed by atoms with Crippen molar-refractivity contribution in [3.63, 3.8) is 0 Å². The van der Waals surface area contributed by atoms with Crippen molar-refractivity contribution in [2.24, 2.45) is 5.73 Å². The first-order valence-electron chi connectivity index (χ1n) is 8.09. The molecular weight excluding hydrogens is 312 g/mol. The van der Waals surface area contributed by atoms with E-state index in [1.165, 1.54) is 0 Å². The van der Waals surface area contributed by atoms with Gasteiger partial charge in [0.1, 0.15) is 5.54 Å². The smallest absolute Gasteiger partial charge is 0.242 e. The van der Waals surface area contributed by atoms with Crippen LogP contribution in [0, 0.1) is 0 Å². The van der Waals surface area contributed by atoms with Gasteiger partial charge in [-0.05, 0) is 41.0 Å². The number of nitrogens with one attached hydrogen (secondary N) is 1. The monoisotopic (exact) mass is 332 g/mol. The van der Waals surface area contributed by atoms with E-state index in [2.05, 4.69) is 15.3 Å². The number of aromatic nitrogens is 2. The fourth-order valence-electron chi connectivity index (χ4n) is 2.87. The first-order chi connectivity index (χ1) is 12.2. The Morgan fingerprint density at radius 3 is 2.00 bits per heavy atom. The van der Waals surface area contributed by atoms with E-state index in [9.17, 15) is 4.79 Å². The Morgan fingerprint density at radius 2 is 1.44 bits per heavy atom. The van der Waals surface area contributed by atoms with Crippen LogP contribution in [0.15, 0.2) is 79.4 Å². The van der Waals surface area contributed by atoms with E-state index in [4.69, 9.17) is 5.73 Å². The fraction of sp³-hybridized carbons (Fsp3) is 0.150. The van der Waals surface area contributed by atoms with Crippen LogP contribution in [0.5, 0.6) is 0 Å². The quantitative estimate of drug-likeness (QED) is 0.695. The number of rotatable bonds is 7. The Bertz CT molecular complexity index is 809. The minimum atomic E-state index is -1.01. The molecule has 0 aliphatic heterocycles. The second-order valence-corrected chi connectivity index (χ2v) is 5.88. The summed E-state index contributed by atoms with van der Waals surface area (Å²) in [6, 6.07) is 17.2. The molecule has 0 aliphatic rings. The Hall–Kier alpha value is -3.05. The highest BCUT2D eigenvalue weighted by Crippen LogP contribution is 2.26. The number of hydrogen-bond acceptors (Lipinski definition) is 4. The van der Waals surface area contributed by atoms with Crippen molar-refractivity contribution in [2.75, 3.05) is 0 Å². The predicted molar refractivity (Wildman–Crippen MR) is 96.3 cm³/mol. The van der Waals surface area contributed by atoms with Crippen LogP contribution >= 0.6 is 0 Å². The molecule has 5 nitrogen and oxygen atoms in total. The molecule has 1 atom stereocenters. The number of pyridine rings is 2. The standard InChI is InChI=1S/C20H20N4O/c21-19(25)20(18-4-2-1-3-5-18,14-16-6-10-22-11-7-16)24-15-17-8-12-23-13-9-17/h1-13,24H,14-15H2,(H2,21,25). The Kier molecular flexibility index (Phi) is 5.16. The van der Waals surface area contributed by atoms with Crippen LogP contribution in [0.4, 0.5) is 0 Å². The molecular formula is C20H20N4O. The average Bonchev–Trinajstić information content (AvgIpc) is 2.67. The summed E-state index contributed by atoms with van der Waals surface area (Å²) in [6.45, 7) is 0.505. The summed E-state index contributed by atoms with van der Waals surface area (Å²) in [6.07, 6.45) is 7.34. The van der Waals surface area contributed by atoms with Crippen LogP contribution in [-0.4, -0.2) is 15.9 Å². The van der Waals surface area contributed by atoms with Gasteiger partial charge < -0.3 is 5.73 Å². The van der Waals surface area contributed by atoms with Gasteiger partial charge in [-0.1, -0.05) is 30.3 Å². The average molecular weight is 332 g/mol. The zero-order valence-electron chi connectivity index (χ0n) is 13.8. The fourth-order valence-corrected chi connectivity index (χ4v) is 2.87. The van der Waals surface area contributed by atoms with Crippen molar-refractivity contribution in [3.05, 3.63) is 96.1 Å². The number of nitrogens with two attached hydrogens (primary N) is 1. The number of primary amides is 1. The lowest BCUT2D eigenvalue weighted by molar-refractivity contribution is -0.125. The van der Waals surface area contributed by atoms with Crippen LogP contribution in [0.3, 0.4) is 0 Å². The molecule has 0 bridgehead atoms. The number of benzene rings is 1. The van der Waals surface area contributed by atoms with E-state index < -0.39 is 11.4 Å². The van der Waals surface area contributed by atoms with Gasteiger partial charge in [-0.3, -0.25) is 20.1 Å². The molecule has 3 aromatic rings. The number of carbonyl (C=O) groups excluding carboxylic acids is 1. The molecule has 1 unspecified atom stereocenters. The molecule has 0 saturated heterocycles. The highest BCUT2D eigenvalue weighted by molar-refractivity contribution is 5.86. The Morgan fingerprint density at radius 1 is 0.880 bits per heavy atom. The van der Waals surface area contributed by atoms with Gasteiger partial charge in [0.25, 0.3) is 0 Å². The van der Waals surface area contributed by atoms with Crippen LogP contribution in [0.2, 0.25) is 0 Å². The first kappa shape index (κ1) is 16.8. The van der Waals surface area contributed by atoms with Gasteiger partial charge >= 0.3 is 0 Å². The number of carbonyl (C=O) groups is 1. The van der Waals surface area contributed by atoms with E-state index in [1.54, 1.807) is 24.8 Å². The highest BCUT2D eigenvalue weighted by Gasteiger charge is 2.38. The number of amides is 1. The molecule has 3 rings (SSSR count). The zero-order valence-corrected chi connectivity index (χ0v) is 13.8. The molecule has 25 heavy (non-hydrogen) atoms. The lowest BCUT2D eigenvalue weighted by Gasteiger charge is -2.33. The largest absolute Gasteiger partial charge is 0.368 e. The molecule has 2 heterocycles. The van der Waals surface area contributed by atoms with Gasteiger partial charge in [0.15, 0.2) is 0 Å². The summed E-state index contributed by atoms with van der Waals surface area (Å²) >= 11 is 0. The van der Waals surface area contributed by atoms with E-state index in [1.807, 2.05) is 54.6 Å². The van der Waals surface area contributed by atoms with Gasteiger partial charge in [0.2, 0.25) is 5.91 Å². The summed E-state index contributed by atoms with van der Waals surface area (Å²) in [7, 11) is 0. The SMILES string of the molecule is NC(=O)C(Cc1ccncc1)(NCc1ccncc1)c1ccccc1. The second kappa shape index (κ2) is 7.68. The van der Waals surface area contributed by atoms with Crippen molar-refractivity contribution in [3.8, 4) is 0 Å². The van der Waals surface area contributed by atoms with Crippen LogP contribution in [0.25, 0.3) is 0 Å². The van der Waals surface area contributed by atoms with Gasteiger partial charge in [-0.2, -0.15) is 0 Å². The highest BCUT2D eigenvalue weighted by atomic mass is 16.1. The lowest BCUT2D eigenvalue weighted by Crippen LogP contribution is -2.54. The molecule has 0 fully saturated rings. The van der Waals surface area contributed by atoms with Crippen LogP contribution in [-0.2, 0) is 23.3 Å². The summed E-state index contributed by atoms with van der Waals surface area (Å²) in [5, 5.41) is 3.39. The summed E-state index contributed by atoms with van der Waals surface area (Å²) in [5.74, 6) is -0.412. The van der Waals surface area contributed by atoms with Crippen molar-refractivity contribution in [1.82, 2.24) is 15.3 Å². The van der Waals surface area contributed by atoms with Gasteiger partial charge in [-0.25, -0.2) is 0 Å². The number of hydrogen-bond donors (Lipinski definition) is 2.